The summed E-state index contributed by atoms with van der Waals surface area (Å²) in [6.07, 6.45) is 2.32. The Hall–Kier alpha value is -2.70. The first kappa shape index (κ1) is 19.6. The summed E-state index contributed by atoms with van der Waals surface area (Å²) < 4.78 is 30.8. The molecule has 0 aliphatic carbocycles. The largest absolute Gasteiger partial charge is 0.491 e. The van der Waals surface area contributed by atoms with Gasteiger partial charge < -0.3 is 13.9 Å². The number of nitrogens with zero attached hydrogens (tertiary/aromatic N) is 2. The van der Waals surface area contributed by atoms with E-state index in [9.17, 15) is 4.39 Å². The van der Waals surface area contributed by atoms with Crippen LogP contribution in [0.15, 0.2) is 53.1 Å². The summed E-state index contributed by atoms with van der Waals surface area (Å²) >= 11 is 0. The third-order valence-electron chi connectivity index (χ3n) is 4.90. The second-order valence-corrected chi connectivity index (χ2v) is 7.28. The minimum absolute atomic E-state index is 0.255. The van der Waals surface area contributed by atoms with Crippen molar-refractivity contribution < 1.29 is 18.3 Å². The lowest BCUT2D eigenvalue weighted by Gasteiger charge is -2.22. The highest BCUT2D eigenvalue weighted by Gasteiger charge is 2.13. The molecule has 5 nitrogen and oxygen atoms in total. The van der Waals surface area contributed by atoms with Gasteiger partial charge in [0.1, 0.15) is 24.4 Å². The number of hydrogen-bond donors (Lipinski definition) is 0. The zero-order valence-electron chi connectivity index (χ0n) is 16.6. The van der Waals surface area contributed by atoms with Gasteiger partial charge in [-0.3, -0.25) is 4.90 Å². The van der Waals surface area contributed by atoms with E-state index < -0.39 is 0 Å². The number of aromatic nitrogens is 1. The van der Waals surface area contributed by atoms with Crippen LogP contribution in [0.1, 0.15) is 28.3 Å². The molecule has 4 rings (SSSR count). The maximum absolute atomic E-state index is 13.8. The predicted molar refractivity (Wildman–Crippen MR) is 107 cm³/mol. The van der Waals surface area contributed by atoms with Crippen LogP contribution in [0.5, 0.6) is 5.75 Å². The van der Waals surface area contributed by atoms with E-state index in [1.807, 2.05) is 13.0 Å². The zero-order chi connectivity index (χ0) is 20.1. The Labute approximate surface area is 170 Å². The van der Waals surface area contributed by atoms with E-state index in [4.69, 9.17) is 13.9 Å². The van der Waals surface area contributed by atoms with Crippen molar-refractivity contribution in [2.24, 2.45) is 0 Å². The maximum Gasteiger partial charge on any atom is 0.191 e. The molecule has 0 amide bonds. The monoisotopic (exact) mass is 396 g/mol. The molecule has 1 aliphatic heterocycles. The molecule has 0 atom stereocenters. The number of hydrogen-bond acceptors (Lipinski definition) is 5. The van der Waals surface area contributed by atoms with E-state index in [1.54, 1.807) is 18.4 Å². The second-order valence-electron chi connectivity index (χ2n) is 7.28. The van der Waals surface area contributed by atoms with Gasteiger partial charge in [-0.2, -0.15) is 0 Å². The fourth-order valence-corrected chi connectivity index (χ4v) is 3.57. The Kier molecular flexibility index (Phi) is 6.22. The second kappa shape index (κ2) is 9.20. The smallest absolute Gasteiger partial charge is 0.191 e. The first-order chi connectivity index (χ1) is 14.2. The Bertz CT molecular complexity index is 957. The van der Waals surface area contributed by atoms with E-state index in [-0.39, 0.29) is 5.82 Å². The van der Waals surface area contributed by atoms with Gasteiger partial charge in [-0.25, -0.2) is 9.37 Å². The molecule has 29 heavy (non-hydrogen) atoms. The summed E-state index contributed by atoms with van der Waals surface area (Å²) in [4.78, 5) is 6.71. The van der Waals surface area contributed by atoms with Gasteiger partial charge in [-0.15, -0.1) is 0 Å². The van der Waals surface area contributed by atoms with Crippen LogP contribution < -0.4 is 4.74 Å². The molecule has 1 aromatic heterocycles. The van der Waals surface area contributed by atoms with Crippen molar-refractivity contribution in [1.29, 1.82) is 0 Å². The van der Waals surface area contributed by atoms with Gasteiger partial charge in [-0.1, -0.05) is 24.3 Å². The van der Waals surface area contributed by atoms with E-state index in [1.165, 1.54) is 11.6 Å². The molecule has 0 fully saturated rings. The number of halogens is 1. The van der Waals surface area contributed by atoms with Crippen LogP contribution in [-0.4, -0.2) is 36.2 Å². The van der Waals surface area contributed by atoms with Crippen LogP contribution in [0.2, 0.25) is 0 Å². The van der Waals surface area contributed by atoms with Crippen LogP contribution in [0.3, 0.4) is 0 Å². The lowest BCUT2D eigenvalue weighted by Crippen LogP contribution is -2.28. The molecule has 0 spiro atoms. The van der Waals surface area contributed by atoms with E-state index in [0.717, 1.165) is 29.9 Å². The SMILES string of the molecule is Cc1nc(CN2CCOCCOc3ccc(F)cc3Cc3cccc(c3)C2)co1. The van der Waals surface area contributed by atoms with E-state index in [2.05, 4.69) is 28.1 Å². The van der Waals surface area contributed by atoms with Crippen molar-refractivity contribution in [2.75, 3.05) is 26.4 Å². The van der Waals surface area contributed by atoms with Crippen LogP contribution >= 0.6 is 0 Å². The molecule has 1 aliphatic rings. The van der Waals surface area contributed by atoms with Gasteiger partial charge >= 0.3 is 0 Å². The van der Waals surface area contributed by atoms with Gasteiger partial charge in [0.05, 0.1) is 18.9 Å². The van der Waals surface area contributed by atoms with Gasteiger partial charge in [0.2, 0.25) is 0 Å². The maximum atomic E-state index is 13.8. The first-order valence-electron chi connectivity index (χ1n) is 9.86. The topological polar surface area (TPSA) is 47.7 Å². The summed E-state index contributed by atoms with van der Waals surface area (Å²) in [5.41, 5.74) is 4.07. The van der Waals surface area contributed by atoms with E-state index >= 15 is 0 Å². The Morgan fingerprint density at radius 3 is 2.83 bits per heavy atom. The quantitative estimate of drug-likeness (QED) is 0.652. The molecule has 0 unspecified atom stereocenters. The highest BCUT2D eigenvalue weighted by atomic mass is 19.1. The minimum Gasteiger partial charge on any atom is -0.491 e. The predicted octanol–water partition coefficient (Wildman–Crippen LogP) is 4.12. The van der Waals surface area contributed by atoms with Crippen molar-refractivity contribution in [2.45, 2.75) is 26.4 Å². The lowest BCUT2D eigenvalue weighted by atomic mass is 10.0. The summed E-state index contributed by atoms with van der Waals surface area (Å²) in [7, 11) is 0. The number of rotatable bonds is 2. The van der Waals surface area contributed by atoms with Crippen LogP contribution in [0.4, 0.5) is 4.39 Å². The molecule has 2 aromatic carbocycles. The summed E-state index contributed by atoms with van der Waals surface area (Å²) in [6, 6.07) is 13.1. The van der Waals surface area contributed by atoms with Crippen molar-refractivity contribution in [3.8, 4) is 5.75 Å². The molecule has 0 saturated carbocycles. The summed E-state index contributed by atoms with van der Waals surface area (Å²) in [5, 5.41) is 0. The molecular formula is C23H25FN2O3. The molecule has 0 N–H and O–H groups in total. The summed E-state index contributed by atoms with van der Waals surface area (Å²) in [6.45, 7) is 5.60. The van der Waals surface area contributed by atoms with Crippen molar-refractivity contribution >= 4 is 0 Å². The number of ether oxygens (including phenoxy) is 2. The standard InChI is InChI=1S/C23H25FN2O3/c1-17-25-22(16-29-17)15-26-7-8-27-9-10-28-23-6-5-21(24)13-20(23)12-18-3-2-4-19(11-18)14-26/h2-6,11,13,16H,7-10,12,14-15H2,1H3. The molecule has 6 heteroatoms. The minimum atomic E-state index is -0.255. The number of aryl methyl sites for hydroxylation is 1. The third-order valence-corrected chi connectivity index (χ3v) is 4.90. The van der Waals surface area contributed by atoms with Gasteiger partial charge in [-0.05, 0) is 29.3 Å². The van der Waals surface area contributed by atoms with Crippen LogP contribution in [0, 0.1) is 12.7 Å². The normalized spacial score (nSPS) is 15.9. The van der Waals surface area contributed by atoms with Gasteiger partial charge in [0.25, 0.3) is 0 Å². The Balaban J connectivity index is 1.58. The highest BCUT2D eigenvalue weighted by Crippen LogP contribution is 2.24. The van der Waals surface area contributed by atoms with Crippen LogP contribution in [0.25, 0.3) is 0 Å². The molecule has 0 saturated heterocycles. The number of benzene rings is 2. The Morgan fingerprint density at radius 1 is 1.07 bits per heavy atom. The Morgan fingerprint density at radius 2 is 1.97 bits per heavy atom. The molecule has 2 bridgehead atoms. The zero-order valence-corrected chi connectivity index (χ0v) is 16.6. The number of fused-ring (bicyclic) bond motifs is 3. The molecule has 2 heterocycles. The lowest BCUT2D eigenvalue weighted by molar-refractivity contribution is 0.0754. The molecule has 152 valence electrons. The highest BCUT2D eigenvalue weighted by molar-refractivity contribution is 5.39. The average molecular weight is 396 g/mol. The first-order valence-corrected chi connectivity index (χ1v) is 9.86. The van der Waals surface area contributed by atoms with Crippen molar-refractivity contribution in [1.82, 2.24) is 9.88 Å². The van der Waals surface area contributed by atoms with Crippen LogP contribution in [-0.2, 0) is 24.2 Å². The average Bonchev–Trinajstić information content (AvgIpc) is 3.10. The molecular weight excluding hydrogens is 371 g/mol. The fraction of sp³-hybridized carbons (Fsp3) is 0.348. The van der Waals surface area contributed by atoms with Gasteiger partial charge in [0.15, 0.2) is 5.89 Å². The molecule has 0 radical (unpaired) electrons. The third kappa shape index (κ3) is 5.43. The summed E-state index contributed by atoms with van der Waals surface area (Å²) in [5.74, 6) is 1.12. The van der Waals surface area contributed by atoms with E-state index in [0.29, 0.717) is 44.4 Å². The molecule has 3 aromatic rings. The fourth-order valence-electron chi connectivity index (χ4n) is 3.57. The number of oxazole rings is 1. The van der Waals surface area contributed by atoms with Gasteiger partial charge in [0, 0.05) is 38.5 Å². The van der Waals surface area contributed by atoms with Crippen molar-refractivity contribution in [3.63, 3.8) is 0 Å². The van der Waals surface area contributed by atoms with Crippen molar-refractivity contribution in [3.05, 3.63) is 82.8 Å².